The zero-order valence-corrected chi connectivity index (χ0v) is 16.9. The molecule has 0 saturated carbocycles. The van der Waals surface area contributed by atoms with E-state index in [9.17, 15) is 9.18 Å². The predicted octanol–water partition coefficient (Wildman–Crippen LogP) is 2.98. The van der Waals surface area contributed by atoms with Crippen molar-refractivity contribution in [3.8, 4) is 0 Å². The molecular formula is C23H24FN5O. The first kappa shape index (κ1) is 19.1. The summed E-state index contributed by atoms with van der Waals surface area (Å²) in [7, 11) is 0. The van der Waals surface area contributed by atoms with Crippen molar-refractivity contribution in [1.29, 1.82) is 0 Å². The Hall–Kier alpha value is -2.90. The number of hydrogen-bond acceptors (Lipinski definition) is 5. The number of halogens is 1. The Balaban J connectivity index is 1.37. The molecule has 1 aromatic heterocycles. The van der Waals surface area contributed by atoms with Gasteiger partial charge in [-0.25, -0.2) is 14.4 Å². The Labute approximate surface area is 174 Å². The number of amides is 1. The van der Waals surface area contributed by atoms with Crippen LogP contribution < -0.4 is 10.6 Å². The number of carbonyl (C=O) groups excluding carboxylic acids is 1. The summed E-state index contributed by atoms with van der Waals surface area (Å²) < 4.78 is 13.8. The second kappa shape index (κ2) is 7.41. The Kier molecular flexibility index (Phi) is 4.72. The normalized spacial score (nSPS) is 23.6. The molecule has 2 atom stereocenters. The van der Waals surface area contributed by atoms with Crippen molar-refractivity contribution in [1.82, 2.24) is 20.2 Å². The number of para-hydroxylation sites is 1. The van der Waals surface area contributed by atoms with E-state index in [1.807, 2.05) is 18.2 Å². The van der Waals surface area contributed by atoms with E-state index in [0.717, 1.165) is 36.0 Å². The smallest absolute Gasteiger partial charge is 0.238 e. The van der Waals surface area contributed by atoms with Gasteiger partial charge in [-0.2, -0.15) is 0 Å². The van der Waals surface area contributed by atoms with Crippen molar-refractivity contribution in [3.05, 3.63) is 65.9 Å². The largest absolute Gasteiger partial charge is 0.325 e. The molecule has 0 radical (unpaired) electrons. The SMILES string of the molecule is Cc1c(F)cccc1NC(=O)CN1CC2CCC(c3ncnc4ccccc34)(C1)N2. The van der Waals surface area contributed by atoms with E-state index < -0.39 is 0 Å². The molecule has 0 aliphatic carbocycles. The molecule has 1 amide bonds. The topological polar surface area (TPSA) is 70.2 Å². The summed E-state index contributed by atoms with van der Waals surface area (Å²) in [5.41, 5.74) is 2.62. The summed E-state index contributed by atoms with van der Waals surface area (Å²) in [6.45, 7) is 3.44. The molecule has 7 heteroatoms. The van der Waals surface area contributed by atoms with Crippen molar-refractivity contribution < 1.29 is 9.18 Å². The van der Waals surface area contributed by atoms with Crippen LogP contribution in [0.25, 0.3) is 10.9 Å². The first-order chi connectivity index (χ1) is 14.5. The van der Waals surface area contributed by atoms with Crippen LogP contribution in [0.2, 0.25) is 0 Å². The quantitative estimate of drug-likeness (QED) is 0.698. The number of likely N-dealkylation sites (tertiary alicyclic amines) is 1. The Morgan fingerprint density at radius 3 is 3.03 bits per heavy atom. The molecule has 2 fully saturated rings. The van der Waals surface area contributed by atoms with Gasteiger partial charge in [-0.05, 0) is 38.0 Å². The minimum Gasteiger partial charge on any atom is -0.325 e. The van der Waals surface area contributed by atoms with Gasteiger partial charge in [0.05, 0.1) is 23.3 Å². The fourth-order valence-corrected chi connectivity index (χ4v) is 4.88. The van der Waals surface area contributed by atoms with Crippen LogP contribution in [0.4, 0.5) is 10.1 Å². The summed E-state index contributed by atoms with van der Waals surface area (Å²) >= 11 is 0. The van der Waals surface area contributed by atoms with Gasteiger partial charge in [0.2, 0.25) is 5.91 Å². The second-order valence-electron chi connectivity index (χ2n) is 8.33. The number of piperazine rings is 1. The Bertz CT molecular complexity index is 1110. The van der Waals surface area contributed by atoms with Crippen molar-refractivity contribution in [2.75, 3.05) is 25.0 Å². The third-order valence-corrected chi connectivity index (χ3v) is 6.28. The van der Waals surface area contributed by atoms with Gasteiger partial charge in [-0.1, -0.05) is 24.3 Å². The second-order valence-corrected chi connectivity index (χ2v) is 8.33. The highest BCUT2D eigenvalue weighted by Gasteiger charge is 2.47. The maximum atomic E-state index is 13.8. The van der Waals surface area contributed by atoms with Crippen molar-refractivity contribution in [2.24, 2.45) is 0 Å². The Morgan fingerprint density at radius 2 is 2.13 bits per heavy atom. The zero-order chi connectivity index (χ0) is 20.7. The number of rotatable bonds is 4. The lowest BCUT2D eigenvalue weighted by Crippen LogP contribution is -2.59. The molecule has 30 heavy (non-hydrogen) atoms. The van der Waals surface area contributed by atoms with Crippen LogP contribution in [0, 0.1) is 12.7 Å². The van der Waals surface area contributed by atoms with E-state index in [0.29, 0.717) is 23.8 Å². The lowest BCUT2D eigenvalue weighted by atomic mass is 9.89. The maximum absolute atomic E-state index is 13.8. The van der Waals surface area contributed by atoms with Crippen molar-refractivity contribution in [3.63, 3.8) is 0 Å². The van der Waals surface area contributed by atoms with E-state index in [1.165, 1.54) is 6.07 Å². The van der Waals surface area contributed by atoms with Crippen LogP contribution in [0.1, 0.15) is 24.1 Å². The summed E-state index contributed by atoms with van der Waals surface area (Å²) in [6, 6.07) is 13.1. The van der Waals surface area contributed by atoms with Gasteiger partial charge >= 0.3 is 0 Å². The third kappa shape index (κ3) is 3.34. The molecule has 5 rings (SSSR count). The molecule has 2 aliphatic heterocycles. The molecule has 6 nitrogen and oxygen atoms in total. The number of carbonyl (C=O) groups is 1. The van der Waals surface area contributed by atoms with Crippen molar-refractivity contribution >= 4 is 22.5 Å². The number of nitrogens with one attached hydrogen (secondary N) is 2. The minimum absolute atomic E-state index is 0.132. The number of hydrogen-bond donors (Lipinski definition) is 2. The lowest BCUT2D eigenvalue weighted by molar-refractivity contribution is -0.117. The van der Waals surface area contributed by atoms with Gasteiger partial charge in [0.1, 0.15) is 12.1 Å². The average Bonchev–Trinajstić information content (AvgIpc) is 3.06. The van der Waals surface area contributed by atoms with Crippen LogP contribution in [-0.4, -0.2) is 46.5 Å². The predicted molar refractivity (Wildman–Crippen MR) is 114 cm³/mol. The number of nitrogens with zero attached hydrogens (tertiary/aromatic N) is 3. The van der Waals surface area contributed by atoms with E-state index in [1.54, 1.807) is 25.4 Å². The van der Waals surface area contributed by atoms with Gasteiger partial charge in [0.15, 0.2) is 0 Å². The van der Waals surface area contributed by atoms with Crippen LogP contribution in [0.3, 0.4) is 0 Å². The molecule has 3 aromatic rings. The molecule has 2 aliphatic rings. The minimum atomic E-state index is -0.317. The number of aromatic nitrogens is 2. The number of fused-ring (bicyclic) bond motifs is 3. The summed E-state index contributed by atoms with van der Waals surface area (Å²) in [5, 5.41) is 7.68. The molecular weight excluding hydrogens is 381 g/mol. The highest BCUT2D eigenvalue weighted by atomic mass is 19.1. The maximum Gasteiger partial charge on any atom is 0.238 e. The molecule has 2 bridgehead atoms. The van der Waals surface area contributed by atoms with Crippen LogP contribution in [0.5, 0.6) is 0 Å². The summed E-state index contributed by atoms with van der Waals surface area (Å²) in [4.78, 5) is 23.9. The fraction of sp³-hybridized carbons (Fsp3) is 0.348. The van der Waals surface area contributed by atoms with Gasteiger partial charge < -0.3 is 10.6 Å². The number of benzene rings is 2. The molecule has 2 N–H and O–H groups in total. The van der Waals surface area contributed by atoms with Gasteiger partial charge in [0.25, 0.3) is 0 Å². The van der Waals surface area contributed by atoms with Crippen molar-refractivity contribution in [2.45, 2.75) is 31.3 Å². The molecule has 0 spiro atoms. The number of anilines is 1. The molecule has 3 heterocycles. The first-order valence-corrected chi connectivity index (χ1v) is 10.3. The van der Waals surface area contributed by atoms with Crippen LogP contribution in [-0.2, 0) is 10.3 Å². The molecule has 2 unspecified atom stereocenters. The molecule has 2 saturated heterocycles. The van der Waals surface area contributed by atoms with Crippen LogP contribution in [0.15, 0.2) is 48.8 Å². The van der Waals surface area contributed by atoms with Gasteiger partial charge in [0, 0.05) is 35.8 Å². The summed E-state index contributed by atoms with van der Waals surface area (Å²) in [5.74, 6) is -0.449. The highest BCUT2D eigenvalue weighted by Crippen LogP contribution is 2.39. The molecule has 154 valence electrons. The van der Waals surface area contributed by atoms with E-state index >= 15 is 0 Å². The van der Waals surface area contributed by atoms with E-state index in [4.69, 9.17) is 0 Å². The first-order valence-electron chi connectivity index (χ1n) is 10.3. The Morgan fingerprint density at radius 1 is 1.27 bits per heavy atom. The average molecular weight is 405 g/mol. The fourth-order valence-electron chi connectivity index (χ4n) is 4.88. The van der Waals surface area contributed by atoms with E-state index in [-0.39, 0.29) is 23.8 Å². The zero-order valence-electron chi connectivity index (χ0n) is 16.9. The monoisotopic (exact) mass is 405 g/mol. The third-order valence-electron chi connectivity index (χ3n) is 6.28. The summed E-state index contributed by atoms with van der Waals surface area (Å²) in [6.07, 6.45) is 3.64. The highest BCUT2D eigenvalue weighted by molar-refractivity contribution is 5.93. The molecule has 2 aromatic carbocycles. The van der Waals surface area contributed by atoms with Gasteiger partial charge in [-0.3, -0.25) is 9.69 Å². The lowest BCUT2D eigenvalue weighted by Gasteiger charge is -2.41. The van der Waals surface area contributed by atoms with Crippen LogP contribution >= 0.6 is 0 Å². The van der Waals surface area contributed by atoms with Gasteiger partial charge in [-0.15, -0.1) is 0 Å². The standard InChI is InChI=1S/C23H24FN5O/c1-15-18(24)6-4-8-19(15)27-21(30)12-29-11-16-9-10-23(13-29,28-16)22-17-5-2-3-7-20(17)25-14-26-22/h2-8,14,16,28H,9-13H2,1H3,(H,27,30). The van der Waals surface area contributed by atoms with E-state index in [2.05, 4.69) is 31.6 Å².